The molecule has 15 heavy (non-hydrogen) atoms. The number of methoxy groups -OCH3 is 1. The number of hydrogen-bond acceptors (Lipinski definition) is 2. The number of halogens is 3. The van der Waals surface area contributed by atoms with Crippen LogP contribution in [0.1, 0.15) is 26.2 Å². The normalized spacial score (nSPS) is 14.2. The minimum Gasteiger partial charge on any atom is -0.383 e. The second kappa shape index (κ2) is 7.93. The Hall–Kier alpha value is -0.290. The first-order valence-electron chi connectivity index (χ1n) is 5.22. The van der Waals surface area contributed by atoms with Crippen molar-refractivity contribution >= 4 is 0 Å². The third-order valence-electron chi connectivity index (χ3n) is 2.13. The molecule has 0 heterocycles. The lowest BCUT2D eigenvalue weighted by Gasteiger charge is -2.13. The standard InChI is InChI=1S/C10H20F3NO/c1-9(8-14-6-7-15-2)4-3-5-10(11,12)13/h9,14H,3-8H2,1-2H3. The summed E-state index contributed by atoms with van der Waals surface area (Å²) in [7, 11) is 1.62. The second-order valence-electron chi connectivity index (χ2n) is 3.81. The smallest absolute Gasteiger partial charge is 0.383 e. The molecule has 0 saturated carbocycles. The van der Waals surface area contributed by atoms with Crippen LogP contribution in [0.3, 0.4) is 0 Å². The molecule has 1 atom stereocenters. The van der Waals surface area contributed by atoms with Crippen LogP contribution in [-0.2, 0) is 4.74 Å². The molecular weight excluding hydrogens is 207 g/mol. The topological polar surface area (TPSA) is 21.3 Å². The van der Waals surface area contributed by atoms with Crippen LogP contribution >= 0.6 is 0 Å². The maximum absolute atomic E-state index is 11.8. The number of hydrogen-bond donors (Lipinski definition) is 1. The molecule has 0 spiro atoms. The summed E-state index contributed by atoms with van der Waals surface area (Å²) in [4.78, 5) is 0. The summed E-state index contributed by atoms with van der Waals surface area (Å²) in [5.74, 6) is 0.282. The number of alkyl halides is 3. The van der Waals surface area contributed by atoms with E-state index in [-0.39, 0.29) is 12.3 Å². The molecule has 1 N–H and O–H groups in total. The van der Waals surface area contributed by atoms with Gasteiger partial charge < -0.3 is 10.1 Å². The number of ether oxygens (including phenoxy) is 1. The molecule has 0 aliphatic heterocycles. The Morgan fingerprint density at radius 1 is 1.33 bits per heavy atom. The second-order valence-corrected chi connectivity index (χ2v) is 3.81. The Balaban J connectivity index is 3.29. The molecule has 0 radical (unpaired) electrons. The Labute approximate surface area is 89.2 Å². The van der Waals surface area contributed by atoms with Crippen LogP contribution in [0.25, 0.3) is 0 Å². The molecule has 0 amide bonds. The third kappa shape index (κ3) is 11.6. The van der Waals surface area contributed by atoms with Crippen LogP contribution in [0, 0.1) is 5.92 Å². The Morgan fingerprint density at radius 3 is 2.53 bits per heavy atom. The van der Waals surface area contributed by atoms with Gasteiger partial charge in [-0.15, -0.1) is 0 Å². The van der Waals surface area contributed by atoms with Crippen molar-refractivity contribution in [3.05, 3.63) is 0 Å². The van der Waals surface area contributed by atoms with Crippen molar-refractivity contribution in [2.45, 2.75) is 32.4 Å². The molecule has 0 aliphatic carbocycles. The van der Waals surface area contributed by atoms with E-state index in [1.54, 1.807) is 7.11 Å². The van der Waals surface area contributed by atoms with E-state index in [4.69, 9.17) is 4.74 Å². The van der Waals surface area contributed by atoms with Gasteiger partial charge in [0.05, 0.1) is 6.61 Å². The fourth-order valence-electron chi connectivity index (χ4n) is 1.28. The highest BCUT2D eigenvalue weighted by Gasteiger charge is 2.26. The van der Waals surface area contributed by atoms with Crippen LogP contribution in [0.2, 0.25) is 0 Å². The molecule has 0 aromatic carbocycles. The highest BCUT2D eigenvalue weighted by atomic mass is 19.4. The summed E-state index contributed by atoms with van der Waals surface area (Å²) < 4.78 is 40.3. The average Bonchev–Trinajstić information content (AvgIpc) is 2.10. The molecule has 0 fully saturated rings. The van der Waals surface area contributed by atoms with Gasteiger partial charge >= 0.3 is 6.18 Å². The van der Waals surface area contributed by atoms with Crippen molar-refractivity contribution in [2.24, 2.45) is 5.92 Å². The predicted octanol–water partition coefficient (Wildman–Crippen LogP) is 2.59. The monoisotopic (exact) mass is 227 g/mol. The van der Waals surface area contributed by atoms with Crippen LogP contribution in [0.5, 0.6) is 0 Å². The lowest BCUT2D eigenvalue weighted by Crippen LogP contribution is -2.25. The summed E-state index contributed by atoms with van der Waals surface area (Å²) in [5, 5.41) is 3.13. The molecule has 2 nitrogen and oxygen atoms in total. The summed E-state index contributed by atoms with van der Waals surface area (Å²) in [6.07, 6.45) is -3.85. The largest absolute Gasteiger partial charge is 0.389 e. The molecule has 0 bridgehead atoms. The van der Waals surface area contributed by atoms with E-state index >= 15 is 0 Å². The Kier molecular flexibility index (Phi) is 7.78. The van der Waals surface area contributed by atoms with Gasteiger partial charge in [0.1, 0.15) is 0 Å². The van der Waals surface area contributed by atoms with Gasteiger partial charge in [-0.05, 0) is 25.3 Å². The van der Waals surface area contributed by atoms with E-state index in [1.807, 2.05) is 6.92 Å². The van der Waals surface area contributed by atoms with Crippen molar-refractivity contribution in [1.29, 1.82) is 0 Å². The van der Waals surface area contributed by atoms with E-state index in [9.17, 15) is 13.2 Å². The highest BCUT2D eigenvalue weighted by Crippen LogP contribution is 2.23. The van der Waals surface area contributed by atoms with Gasteiger partial charge in [0.25, 0.3) is 0 Å². The molecule has 1 unspecified atom stereocenters. The zero-order valence-corrected chi connectivity index (χ0v) is 9.36. The predicted molar refractivity (Wildman–Crippen MR) is 53.8 cm³/mol. The van der Waals surface area contributed by atoms with Gasteiger partial charge in [0.2, 0.25) is 0 Å². The van der Waals surface area contributed by atoms with Gasteiger partial charge in [-0.1, -0.05) is 6.92 Å². The van der Waals surface area contributed by atoms with Crippen molar-refractivity contribution in [3.63, 3.8) is 0 Å². The van der Waals surface area contributed by atoms with E-state index in [2.05, 4.69) is 5.32 Å². The van der Waals surface area contributed by atoms with Crippen molar-refractivity contribution in [1.82, 2.24) is 5.32 Å². The first-order chi connectivity index (χ1) is 6.95. The molecule has 0 saturated heterocycles. The Bertz CT molecular complexity index is 150. The first-order valence-corrected chi connectivity index (χ1v) is 5.22. The van der Waals surface area contributed by atoms with Gasteiger partial charge in [0.15, 0.2) is 0 Å². The first kappa shape index (κ1) is 14.7. The SMILES string of the molecule is COCCNCC(C)CCCC(F)(F)F. The zero-order valence-electron chi connectivity index (χ0n) is 9.36. The fourth-order valence-corrected chi connectivity index (χ4v) is 1.28. The number of rotatable bonds is 8. The van der Waals surface area contributed by atoms with Crippen LogP contribution in [0.15, 0.2) is 0 Å². The summed E-state index contributed by atoms with van der Waals surface area (Å²) >= 11 is 0. The number of nitrogens with one attached hydrogen (secondary N) is 1. The van der Waals surface area contributed by atoms with Crippen LogP contribution < -0.4 is 5.32 Å². The molecular formula is C10H20F3NO. The minimum absolute atomic E-state index is 0.219. The quantitative estimate of drug-likeness (QED) is 0.643. The van der Waals surface area contributed by atoms with Gasteiger partial charge in [-0.25, -0.2) is 0 Å². The molecule has 92 valence electrons. The molecule has 0 aromatic heterocycles. The lowest BCUT2D eigenvalue weighted by molar-refractivity contribution is -0.136. The summed E-state index contributed by atoms with van der Waals surface area (Å²) in [5.41, 5.74) is 0. The average molecular weight is 227 g/mol. The van der Waals surface area contributed by atoms with Crippen molar-refractivity contribution in [2.75, 3.05) is 26.8 Å². The molecule has 0 rings (SSSR count). The van der Waals surface area contributed by atoms with E-state index in [0.717, 1.165) is 13.1 Å². The van der Waals surface area contributed by atoms with Gasteiger partial charge in [-0.3, -0.25) is 0 Å². The van der Waals surface area contributed by atoms with Gasteiger partial charge in [0, 0.05) is 20.1 Å². The van der Waals surface area contributed by atoms with Gasteiger partial charge in [-0.2, -0.15) is 13.2 Å². The molecule has 0 aromatic rings. The minimum atomic E-state index is -4.01. The van der Waals surface area contributed by atoms with Crippen molar-refractivity contribution < 1.29 is 17.9 Å². The van der Waals surface area contributed by atoms with E-state index in [0.29, 0.717) is 13.0 Å². The zero-order chi connectivity index (χ0) is 11.7. The van der Waals surface area contributed by atoms with Crippen molar-refractivity contribution in [3.8, 4) is 0 Å². The molecule has 0 aliphatic rings. The maximum atomic E-state index is 11.8. The fraction of sp³-hybridized carbons (Fsp3) is 1.00. The van der Waals surface area contributed by atoms with E-state index in [1.165, 1.54) is 0 Å². The molecule has 5 heteroatoms. The summed E-state index contributed by atoms with van der Waals surface area (Å²) in [6.45, 7) is 4.09. The highest BCUT2D eigenvalue weighted by molar-refractivity contribution is 4.59. The lowest BCUT2D eigenvalue weighted by atomic mass is 10.0. The van der Waals surface area contributed by atoms with Crippen LogP contribution in [-0.4, -0.2) is 33.0 Å². The third-order valence-corrected chi connectivity index (χ3v) is 2.13. The maximum Gasteiger partial charge on any atom is 0.389 e. The Morgan fingerprint density at radius 2 is 2.00 bits per heavy atom. The van der Waals surface area contributed by atoms with E-state index < -0.39 is 12.6 Å². The van der Waals surface area contributed by atoms with Crippen LogP contribution in [0.4, 0.5) is 13.2 Å². The summed E-state index contributed by atoms with van der Waals surface area (Å²) in [6, 6.07) is 0.